The van der Waals surface area contributed by atoms with Crippen LogP contribution in [0.25, 0.3) is 16.9 Å². The molecular weight excluding hydrogens is 314 g/mol. The van der Waals surface area contributed by atoms with E-state index in [0.717, 1.165) is 28.3 Å². The Morgan fingerprint density at radius 2 is 1.92 bits per heavy atom. The summed E-state index contributed by atoms with van der Waals surface area (Å²) in [6.07, 6.45) is 3.59. The lowest BCUT2D eigenvalue weighted by Crippen LogP contribution is -2.05. The molecule has 0 atom stereocenters. The Bertz CT molecular complexity index is 983. The second kappa shape index (κ2) is 6.60. The van der Waals surface area contributed by atoms with Crippen LogP contribution in [-0.4, -0.2) is 26.7 Å². The summed E-state index contributed by atoms with van der Waals surface area (Å²) >= 11 is 0. The zero-order valence-corrected chi connectivity index (χ0v) is 13.8. The molecule has 4 aromatic rings. The number of hydrogen-bond donors (Lipinski definition) is 1. The number of rotatable bonds is 5. The van der Waals surface area contributed by atoms with Gasteiger partial charge in [-0.2, -0.15) is 4.52 Å². The van der Waals surface area contributed by atoms with E-state index in [9.17, 15) is 0 Å². The summed E-state index contributed by atoms with van der Waals surface area (Å²) in [7, 11) is 1.63. The van der Waals surface area contributed by atoms with Crippen molar-refractivity contribution < 1.29 is 4.74 Å². The van der Waals surface area contributed by atoms with Crippen LogP contribution in [-0.2, 0) is 6.54 Å². The van der Waals surface area contributed by atoms with E-state index in [1.54, 1.807) is 17.8 Å². The van der Waals surface area contributed by atoms with Crippen LogP contribution >= 0.6 is 0 Å². The molecule has 6 heteroatoms. The van der Waals surface area contributed by atoms with E-state index in [4.69, 9.17) is 4.74 Å². The fraction of sp³-hybridized carbons (Fsp3) is 0.105. The van der Waals surface area contributed by atoms with Crippen molar-refractivity contribution >= 4 is 11.5 Å². The molecule has 25 heavy (non-hydrogen) atoms. The fourth-order valence-corrected chi connectivity index (χ4v) is 2.67. The Hall–Kier alpha value is -3.41. The van der Waals surface area contributed by atoms with Crippen molar-refractivity contribution in [3.63, 3.8) is 0 Å². The molecule has 0 aliphatic rings. The molecule has 4 rings (SSSR count). The van der Waals surface area contributed by atoms with E-state index in [2.05, 4.69) is 20.4 Å². The Balaban J connectivity index is 1.68. The molecule has 3 heterocycles. The van der Waals surface area contributed by atoms with E-state index in [1.807, 2.05) is 60.8 Å². The number of benzene rings is 1. The van der Waals surface area contributed by atoms with Crippen molar-refractivity contribution in [1.29, 1.82) is 0 Å². The van der Waals surface area contributed by atoms with Crippen LogP contribution in [0.2, 0.25) is 0 Å². The molecule has 0 amide bonds. The second-order valence-electron chi connectivity index (χ2n) is 5.54. The molecule has 1 aromatic carbocycles. The van der Waals surface area contributed by atoms with Crippen molar-refractivity contribution in [3.8, 4) is 17.1 Å². The standard InChI is InChI=1S/C19H17N5O/c1-25-19-18(15-7-3-2-4-8-15)22-17-10-9-16(23-24(17)19)21-13-14-6-5-11-20-12-14/h2-12H,13H2,1H3,(H,21,23). The predicted octanol–water partition coefficient (Wildman–Crippen LogP) is 3.41. The van der Waals surface area contributed by atoms with E-state index in [0.29, 0.717) is 12.4 Å². The fourth-order valence-electron chi connectivity index (χ4n) is 2.67. The largest absolute Gasteiger partial charge is 0.479 e. The van der Waals surface area contributed by atoms with Crippen LogP contribution in [0, 0.1) is 0 Å². The summed E-state index contributed by atoms with van der Waals surface area (Å²) in [5.74, 6) is 1.36. The van der Waals surface area contributed by atoms with Crippen molar-refractivity contribution in [2.45, 2.75) is 6.54 Å². The third-order valence-electron chi connectivity index (χ3n) is 3.87. The van der Waals surface area contributed by atoms with Crippen LogP contribution in [0.3, 0.4) is 0 Å². The number of methoxy groups -OCH3 is 1. The first-order valence-corrected chi connectivity index (χ1v) is 7.97. The molecule has 3 aromatic heterocycles. The van der Waals surface area contributed by atoms with Crippen molar-refractivity contribution in [2.24, 2.45) is 0 Å². The van der Waals surface area contributed by atoms with Crippen LogP contribution in [0.4, 0.5) is 5.82 Å². The molecule has 0 aliphatic carbocycles. The highest BCUT2D eigenvalue weighted by Gasteiger charge is 2.15. The maximum atomic E-state index is 5.57. The SMILES string of the molecule is COc1c(-c2ccccc2)nc2ccc(NCc3cccnc3)nn12. The minimum absolute atomic E-state index is 0.617. The first kappa shape index (κ1) is 15.1. The summed E-state index contributed by atoms with van der Waals surface area (Å²) in [6.45, 7) is 0.648. The molecule has 1 N–H and O–H groups in total. The van der Waals surface area contributed by atoms with Gasteiger partial charge in [-0.3, -0.25) is 4.98 Å². The molecule has 0 bridgehead atoms. The lowest BCUT2D eigenvalue weighted by atomic mass is 10.2. The van der Waals surface area contributed by atoms with E-state index in [1.165, 1.54) is 0 Å². The number of imidazole rings is 1. The number of hydrogen-bond acceptors (Lipinski definition) is 5. The summed E-state index contributed by atoms with van der Waals surface area (Å²) in [6, 6.07) is 17.7. The molecule has 0 saturated carbocycles. The number of ether oxygens (including phenoxy) is 1. The zero-order valence-electron chi connectivity index (χ0n) is 13.8. The van der Waals surface area contributed by atoms with Crippen LogP contribution < -0.4 is 10.1 Å². The van der Waals surface area contributed by atoms with Gasteiger partial charge < -0.3 is 10.1 Å². The van der Waals surface area contributed by atoms with Gasteiger partial charge in [0.1, 0.15) is 11.5 Å². The van der Waals surface area contributed by atoms with E-state index in [-0.39, 0.29) is 0 Å². The lowest BCUT2D eigenvalue weighted by molar-refractivity contribution is 0.389. The highest BCUT2D eigenvalue weighted by molar-refractivity contribution is 5.69. The molecule has 0 spiro atoms. The highest BCUT2D eigenvalue weighted by atomic mass is 16.5. The van der Waals surface area contributed by atoms with E-state index >= 15 is 0 Å². The summed E-state index contributed by atoms with van der Waals surface area (Å²) in [4.78, 5) is 8.77. The quantitative estimate of drug-likeness (QED) is 0.607. The molecule has 0 saturated heterocycles. The van der Waals surface area contributed by atoms with Gasteiger partial charge in [0.2, 0.25) is 5.88 Å². The van der Waals surface area contributed by atoms with Gasteiger partial charge in [0, 0.05) is 24.5 Å². The topological polar surface area (TPSA) is 64.3 Å². The predicted molar refractivity (Wildman–Crippen MR) is 96.5 cm³/mol. The minimum Gasteiger partial charge on any atom is -0.479 e. The summed E-state index contributed by atoms with van der Waals surface area (Å²) in [5.41, 5.74) is 3.60. The van der Waals surface area contributed by atoms with Crippen molar-refractivity contribution in [2.75, 3.05) is 12.4 Å². The Morgan fingerprint density at radius 3 is 2.68 bits per heavy atom. The molecule has 0 aliphatic heterocycles. The van der Waals surface area contributed by atoms with Crippen LogP contribution in [0.1, 0.15) is 5.56 Å². The maximum Gasteiger partial charge on any atom is 0.243 e. The Kier molecular flexibility index (Phi) is 4.00. The molecule has 0 fully saturated rings. The Labute approximate surface area is 145 Å². The molecular formula is C19H17N5O. The molecule has 0 radical (unpaired) electrons. The lowest BCUT2D eigenvalue weighted by Gasteiger charge is -2.07. The van der Waals surface area contributed by atoms with Gasteiger partial charge in [-0.1, -0.05) is 36.4 Å². The van der Waals surface area contributed by atoms with Gasteiger partial charge in [0.15, 0.2) is 5.65 Å². The van der Waals surface area contributed by atoms with Crippen molar-refractivity contribution in [1.82, 2.24) is 19.6 Å². The van der Waals surface area contributed by atoms with Crippen LogP contribution in [0.5, 0.6) is 5.88 Å². The van der Waals surface area contributed by atoms with Gasteiger partial charge in [-0.25, -0.2) is 4.98 Å². The minimum atomic E-state index is 0.617. The number of anilines is 1. The van der Waals surface area contributed by atoms with E-state index < -0.39 is 0 Å². The monoisotopic (exact) mass is 331 g/mol. The molecule has 124 valence electrons. The maximum absolute atomic E-state index is 5.57. The smallest absolute Gasteiger partial charge is 0.243 e. The second-order valence-corrected chi connectivity index (χ2v) is 5.54. The Morgan fingerprint density at radius 1 is 1.04 bits per heavy atom. The van der Waals surface area contributed by atoms with Gasteiger partial charge in [0.25, 0.3) is 0 Å². The van der Waals surface area contributed by atoms with Gasteiger partial charge in [0.05, 0.1) is 7.11 Å². The molecule has 6 nitrogen and oxygen atoms in total. The highest BCUT2D eigenvalue weighted by Crippen LogP contribution is 2.30. The molecule has 0 unspecified atom stereocenters. The van der Waals surface area contributed by atoms with Gasteiger partial charge >= 0.3 is 0 Å². The number of fused-ring (bicyclic) bond motifs is 1. The number of nitrogens with zero attached hydrogens (tertiary/aromatic N) is 4. The first-order chi connectivity index (χ1) is 12.3. The average molecular weight is 331 g/mol. The van der Waals surface area contributed by atoms with Crippen LogP contribution in [0.15, 0.2) is 67.0 Å². The van der Waals surface area contributed by atoms with Gasteiger partial charge in [-0.15, -0.1) is 5.10 Å². The van der Waals surface area contributed by atoms with Crippen molar-refractivity contribution in [3.05, 3.63) is 72.6 Å². The average Bonchev–Trinajstić information content (AvgIpc) is 3.05. The normalized spacial score (nSPS) is 10.8. The number of pyridine rings is 1. The number of aromatic nitrogens is 4. The zero-order chi connectivity index (χ0) is 17.1. The van der Waals surface area contributed by atoms with Gasteiger partial charge in [-0.05, 0) is 23.8 Å². The summed E-state index contributed by atoms with van der Waals surface area (Å²) in [5, 5.41) is 7.90. The third-order valence-corrected chi connectivity index (χ3v) is 3.87. The summed E-state index contributed by atoms with van der Waals surface area (Å²) < 4.78 is 7.29. The first-order valence-electron chi connectivity index (χ1n) is 7.97. The third kappa shape index (κ3) is 3.01. The number of nitrogens with one attached hydrogen (secondary N) is 1.